The zero-order chi connectivity index (χ0) is 13.7. The number of ether oxygens (including phenoxy) is 2. The van der Waals surface area contributed by atoms with Crippen LogP contribution in [0.5, 0.6) is 5.75 Å². The Bertz CT molecular complexity index is 444. The molecule has 5 heteroatoms. The fraction of sp³-hybridized carbons (Fsp3) is 0.500. The summed E-state index contributed by atoms with van der Waals surface area (Å²) >= 11 is 3.42. The second-order valence-corrected chi connectivity index (χ2v) is 5.49. The van der Waals surface area contributed by atoms with Crippen LogP contribution >= 0.6 is 15.9 Å². The molecule has 1 aromatic carbocycles. The van der Waals surface area contributed by atoms with Gasteiger partial charge in [0.1, 0.15) is 5.75 Å². The molecule has 1 aromatic rings. The molecule has 0 bridgehead atoms. The first kappa shape index (κ1) is 14.3. The Morgan fingerprint density at radius 1 is 1.58 bits per heavy atom. The third-order valence-corrected chi connectivity index (χ3v) is 3.65. The zero-order valence-corrected chi connectivity index (χ0v) is 12.5. The highest BCUT2D eigenvalue weighted by atomic mass is 79.9. The maximum absolute atomic E-state index is 11.8. The third kappa shape index (κ3) is 4.21. The standard InChI is InChI=1S/C14H18BrNO3/c1-18-13-5-4-11(15)7-10(13)9-16-14(17)8-12-3-2-6-19-12/h4-5,7,12H,2-3,6,8-9H2,1H3,(H,16,17). The number of methoxy groups -OCH3 is 1. The van der Waals surface area contributed by atoms with Gasteiger partial charge in [-0.05, 0) is 31.0 Å². The van der Waals surface area contributed by atoms with Crippen LogP contribution in [0.1, 0.15) is 24.8 Å². The summed E-state index contributed by atoms with van der Waals surface area (Å²) in [6, 6.07) is 5.74. The van der Waals surface area contributed by atoms with E-state index in [0.717, 1.165) is 35.2 Å². The number of hydrogen-bond acceptors (Lipinski definition) is 3. The molecule has 1 amide bonds. The van der Waals surface area contributed by atoms with Crippen molar-refractivity contribution in [2.75, 3.05) is 13.7 Å². The van der Waals surface area contributed by atoms with Gasteiger partial charge in [0.05, 0.1) is 19.6 Å². The molecule has 1 heterocycles. The van der Waals surface area contributed by atoms with E-state index in [1.807, 2.05) is 18.2 Å². The van der Waals surface area contributed by atoms with Crippen molar-refractivity contribution in [3.63, 3.8) is 0 Å². The average Bonchev–Trinajstić information content (AvgIpc) is 2.89. The monoisotopic (exact) mass is 327 g/mol. The van der Waals surface area contributed by atoms with Crippen LogP contribution in [-0.2, 0) is 16.1 Å². The van der Waals surface area contributed by atoms with E-state index in [1.165, 1.54) is 0 Å². The van der Waals surface area contributed by atoms with Crippen LogP contribution in [-0.4, -0.2) is 25.7 Å². The van der Waals surface area contributed by atoms with Crippen molar-refractivity contribution in [1.29, 1.82) is 0 Å². The first-order valence-corrected chi connectivity index (χ1v) is 7.19. The lowest BCUT2D eigenvalue weighted by Gasteiger charge is -2.12. The van der Waals surface area contributed by atoms with Gasteiger partial charge < -0.3 is 14.8 Å². The molecule has 2 rings (SSSR count). The Morgan fingerprint density at radius 3 is 3.11 bits per heavy atom. The minimum Gasteiger partial charge on any atom is -0.496 e. The maximum Gasteiger partial charge on any atom is 0.222 e. The van der Waals surface area contributed by atoms with E-state index in [9.17, 15) is 4.79 Å². The number of halogens is 1. The molecule has 0 radical (unpaired) electrons. The van der Waals surface area contributed by atoms with Crippen LogP contribution in [0.2, 0.25) is 0 Å². The van der Waals surface area contributed by atoms with Crippen molar-refractivity contribution in [1.82, 2.24) is 5.32 Å². The molecule has 1 aliphatic rings. The van der Waals surface area contributed by atoms with Crippen LogP contribution < -0.4 is 10.1 Å². The number of rotatable bonds is 5. The summed E-state index contributed by atoms with van der Waals surface area (Å²) in [5.74, 6) is 0.801. The fourth-order valence-corrected chi connectivity index (χ4v) is 2.57. The minimum atomic E-state index is 0.0222. The van der Waals surface area contributed by atoms with Gasteiger partial charge in [0, 0.05) is 23.2 Å². The topological polar surface area (TPSA) is 47.6 Å². The summed E-state index contributed by atoms with van der Waals surface area (Å²) in [7, 11) is 1.63. The van der Waals surface area contributed by atoms with Crippen molar-refractivity contribution >= 4 is 21.8 Å². The number of benzene rings is 1. The molecule has 19 heavy (non-hydrogen) atoms. The van der Waals surface area contributed by atoms with Crippen LogP contribution in [0.15, 0.2) is 22.7 Å². The lowest BCUT2D eigenvalue weighted by molar-refractivity contribution is -0.123. The summed E-state index contributed by atoms with van der Waals surface area (Å²) in [4.78, 5) is 11.8. The highest BCUT2D eigenvalue weighted by Crippen LogP contribution is 2.23. The molecule has 4 nitrogen and oxygen atoms in total. The number of nitrogens with one attached hydrogen (secondary N) is 1. The van der Waals surface area contributed by atoms with Gasteiger partial charge in [0.25, 0.3) is 0 Å². The van der Waals surface area contributed by atoms with Crippen molar-refractivity contribution < 1.29 is 14.3 Å². The van der Waals surface area contributed by atoms with Crippen LogP contribution in [0.3, 0.4) is 0 Å². The summed E-state index contributed by atoms with van der Waals surface area (Å²) < 4.78 is 11.7. The smallest absolute Gasteiger partial charge is 0.222 e. The van der Waals surface area contributed by atoms with Crippen molar-refractivity contribution in [3.05, 3.63) is 28.2 Å². The molecule has 104 valence electrons. The largest absolute Gasteiger partial charge is 0.496 e. The van der Waals surface area contributed by atoms with Gasteiger partial charge in [0.15, 0.2) is 0 Å². The summed E-state index contributed by atoms with van der Waals surface area (Å²) in [5.41, 5.74) is 0.956. The molecule has 0 aliphatic carbocycles. The second kappa shape index (κ2) is 6.91. The van der Waals surface area contributed by atoms with Crippen molar-refractivity contribution in [2.45, 2.75) is 31.9 Å². The number of carbonyl (C=O) groups excluding carboxylic acids is 1. The quantitative estimate of drug-likeness (QED) is 0.904. The Morgan fingerprint density at radius 2 is 2.42 bits per heavy atom. The van der Waals surface area contributed by atoms with Gasteiger partial charge in [-0.25, -0.2) is 0 Å². The molecule has 1 aliphatic heterocycles. The number of amides is 1. The van der Waals surface area contributed by atoms with E-state index in [0.29, 0.717) is 13.0 Å². The molecule has 1 fully saturated rings. The van der Waals surface area contributed by atoms with Gasteiger partial charge >= 0.3 is 0 Å². The number of hydrogen-bond donors (Lipinski definition) is 1. The van der Waals surface area contributed by atoms with Crippen LogP contribution in [0, 0.1) is 0 Å². The SMILES string of the molecule is COc1ccc(Br)cc1CNC(=O)CC1CCCO1. The van der Waals surface area contributed by atoms with E-state index in [-0.39, 0.29) is 12.0 Å². The molecule has 1 N–H and O–H groups in total. The molecular formula is C14H18BrNO3. The fourth-order valence-electron chi connectivity index (χ4n) is 2.16. The molecule has 1 atom stereocenters. The van der Waals surface area contributed by atoms with E-state index < -0.39 is 0 Å². The van der Waals surface area contributed by atoms with E-state index in [2.05, 4.69) is 21.2 Å². The highest BCUT2D eigenvalue weighted by Gasteiger charge is 2.19. The maximum atomic E-state index is 11.8. The second-order valence-electron chi connectivity index (χ2n) is 4.57. The first-order chi connectivity index (χ1) is 9.19. The normalized spacial score (nSPS) is 18.3. The molecule has 0 spiro atoms. The van der Waals surface area contributed by atoms with Crippen molar-refractivity contribution in [3.8, 4) is 5.75 Å². The van der Waals surface area contributed by atoms with E-state index in [4.69, 9.17) is 9.47 Å². The molecule has 0 aromatic heterocycles. The molecule has 1 saturated heterocycles. The Balaban J connectivity index is 1.87. The lowest BCUT2D eigenvalue weighted by Crippen LogP contribution is -2.26. The summed E-state index contributed by atoms with van der Waals surface area (Å²) in [5, 5.41) is 2.91. The van der Waals surface area contributed by atoms with Gasteiger partial charge in [-0.2, -0.15) is 0 Å². The van der Waals surface area contributed by atoms with Gasteiger partial charge in [-0.15, -0.1) is 0 Å². The molecular weight excluding hydrogens is 310 g/mol. The predicted molar refractivity (Wildman–Crippen MR) is 76.1 cm³/mol. The van der Waals surface area contributed by atoms with Gasteiger partial charge in [0.2, 0.25) is 5.91 Å². The van der Waals surface area contributed by atoms with Crippen LogP contribution in [0.25, 0.3) is 0 Å². The number of carbonyl (C=O) groups is 1. The van der Waals surface area contributed by atoms with Crippen LogP contribution in [0.4, 0.5) is 0 Å². The Kier molecular flexibility index (Phi) is 5.22. The average molecular weight is 328 g/mol. The van der Waals surface area contributed by atoms with Gasteiger partial charge in [-0.1, -0.05) is 15.9 Å². The minimum absolute atomic E-state index is 0.0222. The molecule has 1 unspecified atom stereocenters. The van der Waals surface area contributed by atoms with E-state index >= 15 is 0 Å². The Hall–Kier alpha value is -1.07. The van der Waals surface area contributed by atoms with Gasteiger partial charge in [-0.3, -0.25) is 4.79 Å². The zero-order valence-electron chi connectivity index (χ0n) is 10.9. The summed E-state index contributed by atoms with van der Waals surface area (Å²) in [6.45, 7) is 1.24. The first-order valence-electron chi connectivity index (χ1n) is 6.40. The van der Waals surface area contributed by atoms with E-state index in [1.54, 1.807) is 7.11 Å². The highest BCUT2D eigenvalue weighted by molar-refractivity contribution is 9.10. The summed E-state index contributed by atoms with van der Waals surface area (Å²) in [6.07, 6.45) is 2.56. The Labute approximate surface area is 121 Å². The third-order valence-electron chi connectivity index (χ3n) is 3.16. The molecule has 0 saturated carbocycles. The predicted octanol–water partition coefficient (Wildman–Crippen LogP) is 2.64. The lowest BCUT2D eigenvalue weighted by atomic mass is 10.1. The van der Waals surface area contributed by atoms with Crippen molar-refractivity contribution in [2.24, 2.45) is 0 Å².